The highest BCUT2D eigenvalue weighted by molar-refractivity contribution is 7.92. The molecule has 188 valence electrons. The molecule has 3 rings (SSSR count). The molecule has 0 amide bonds. The van der Waals surface area contributed by atoms with E-state index >= 15 is 0 Å². The summed E-state index contributed by atoms with van der Waals surface area (Å²) in [6, 6.07) is 4.66. The molecule has 9 nitrogen and oxygen atoms in total. The molecule has 0 atom stereocenters. The lowest BCUT2D eigenvalue weighted by Crippen LogP contribution is -2.27. The van der Waals surface area contributed by atoms with E-state index in [9.17, 15) is 34.8 Å². The van der Waals surface area contributed by atoms with E-state index in [1.54, 1.807) is 0 Å². The summed E-state index contributed by atoms with van der Waals surface area (Å²) in [5, 5.41) is 4.99. The van der Waals surface area contributed by atoms with E-state index in [2.05, 4.69) is 30.6 Å². The van der Waals surface area contributed by atoms with Crippen molar-refractivity contribution in [3.63, 3.8) is 0 Å². The van der Waals surface area contributed by atoms with Gasteiger partial charge in [-0.05, 0) is 18.2 Å². The largest absolute Gasteiger partial charge is 0.433 e. The van der Waals surface area contributed by atoms with Crippen molar-refractivity contribution in [3.05, 3.63) is 59.7 Å². The minimum Gasteiger partial charge on any atom is -0.365 e. The van der Waals surface area contributed by atoms with Crippen molar-refractivity contribution in [1.82, 2.24) is 19.9 Å². The fraction of sp³-hybridized carbons (Fsp3) is 0.263. The maximum atomic E-state index is 13.5. The summed E-state index contributed by atoms with van der Waals surface area (Å²) in [6.07, 6.45) is -5.89. The fourth-order valence-corrected chi connectivity index (χ4v) is 3.22. The summed E-state index contributed by atoms with van der Waals surface area (Å²) in [7, 11) is -2.45. The highest BCUT2D eigenvalue weighted by Gasteiger charge is 2.35. The van der Waals surface area contributed by atoms with Crippen molar-refractivity contribution < 1.29 is 34.8 Å². The lowest BCUT2D eigenvalue weighted by molar-refractivity contribution is -0.141. The van der Waals surface area contributed by atoms with Gasteiger partial charge in [0.25, 0.3) is 0 Å². The average molecular weight is 521 g/mol. The van der Waals surface area contributed by atoms with E-state index in [-0.39, 0.29) is 29.6 Å². The van der Waals surface area contributed by atoms with Crippen molar-refractivity contribution in [3.8, 4) is 0 Å². The van der Waals surface area contributed by atoms with Gasteiger partial charge in [0.15, 0.2) is 0 Å². The van der Waals surface area contributed by atoms with E-state index in [0.29, 0.717) is 12.3 Å². The van der Waals surface area contributed by atoms with Gasteiger partial charge in [0.05, 0.1) is 18.1 Å². The van der Waals surface area contributed by atoms with Gasteiger partial charge in [0, 0.05) is 31.5 Å². The number of rotatable bonds is 7. The zero-order valence-electron chi connectivity index (χ0n) is 18.0. The monoisotopic (exact) mass is 521 g/mol. The van der Waals surface area contributed by atoms with Gasteiger partial charge in [-0.25, -0.2) is 23.4 Å². The molecule has 0 radical (unpaired) electrons. The molecule has 0 aliphatic rings. The van der Waals surface area contributed by atoms with Crippen LogP contribution in [0.3, 0.4) is 0 Å². The second-order valence-corrected chi connectivity index (χ2v) is 9.09. The first kappa shape index (κ1) is 25.9. The number of aromatic nitrogens is 4. The smallest absolute Gasteiger partial charge is 0.365 e. The van der Waals surface area contributed by atoms with Crippen LogP contribution in [0.25, 0.3) is 0 Å². The van der Waals surface area contributed by atoms with Crippen molar-refractivity contribution in [2.45, 2.75) is 18.9 Å². The van der Waals surface area contributed by atoms with Gasteiger partial charge in [-0.1, -0.05) is 6.07 Å². The molecule has 0 aromatic carbocycles. The molecule has 0 fully saturated rings. The number of hydrogen-bond acceptors (Lipinski definition) is 8. The molecular weight excluding hydrogens is 504 g/mol. The highest BCUT2D eigenvalue weighted by atomic mass is 32.2. The van der Waals surface area contributed by atoms with Gasteiger partial charge in [-0.2, -0.15) is 31.3 Å². The van der Waals surface area contributed by atoms with E-state index in [1.165, 1.54) is 25.4 Å². The Balaban J connectivity index is 1.89. The van der Waals surface area contributed by atoms with E-state index < -0.39 is 39.5 Å². The van der Waals surface area contributed by atoms with Crippen LogP contribution in [0.4, 0.5) is 49.6 Å². The zero-order chi connectivity index (χ0) is 26.0. The average Bonchev–Trinajstić information content (AvgIpc) is 2.76. The SMILES string of the molecule is CN(c1ncccc1CNc1nc(Nc2ccc(C(F)(F)F)nc2)ncc1C(F)(F)F)S(C)(=O)=O. The Kier molecular flexibility index (Phi) is 7.05. The topological polar surface area (TPSA) is 113 Å². The molecule has 0 unspecified atom stereocenters. The van der Waals surface area contributed by atoms with Gasteiger partial charge >= 0.3 is 12.4 Å². The molecule has 35 heavy (non-hydrogen) atoms. The molecule has 0 bridgehead atoms. The maximum absolute atomic E-state index is 13.5. The first-order valence-electron chi connectivity index (χ1n) is 9.52. The Morgan fingerprint density at radius 3 is 2.26 bits per heavy atom. The number of nitrogens with one attached hydrogen (secondary N) is 2. The summed E-state index contributed by atoms with van der Waals surface area (Å²) >= 11 is 0. The molecule has 3 aromatic heterocycles. The third kappa shape index (κ3) is 6.46. The van der Waals surface area contributed by atoms with Crippen molar-refractivity contribution >= 4 is 33.3 Å². The number of nitrogens with zero attached hydrogens (tertiary/aromatic N) is 5. The number of sulfonamides is 1. The summed E-state index contributed by atoms with van der Waals surface area (Å²) in [5.74, 6) is -0.993. The van der Waals surface area contributed by atoms with Crippen LogP contribution in [-0.2, 0) is 28.9 Å². The van der Waals surface area contributed by atoms with Crippen LogP contribution in [0.5, 0.6) is 0 Å². The lowest BCUT2D eigenvalue weighted by Gasteiger charge is -2.20. The summed E-state index contributed by atoms with van der Waals surface area (Å²) in [6.45, 7) is -0.287. The standard InChI is InChI=1S/C19H17F6N7O2S/c1-32(35(2,33)34)16-11(4-3-7-26-16)8-28-15-13(18(20,21)22)10-29-17(31-15)30-12-5-6-14(27-9-12)19(23,24)25/h3-7,9-10H,8H2,1-2H3,(H2,28,29,30,31). The van der Waals surface area contributed by atoms with Gasteiger partial charge in [0.1, 0.15) is 22.9 Å². The van der Waals surface area contributed by atoms with Crippen LogP contribution in [0.2, 0.25) is 0 Å². The van der Waals surface area contributed by atoms with E-state index in [4.69, 9.17) is 0 Å². The van der Waals surface area contributed by atoms with Crippen molar-refractivity contribution in [2.75, 3.05) is 28.2 Å². The minimum atomic E-state index is -4.84. The Bertz CT molecular complexity index is 1300. The molecule has 16 heteroatoms. The Hall–Kier alpha value is -3.69. The second kappa shape index (κ2) is 9.52. The predicted molar refractivity (Wildman–Crippen MR) is 114 cm³/mol. The Morgan fingerprint density at radius 1 is 0.971 bits per heavy atom. The summed E-state index contributed by atoms with van der Waals surface area (Å²) in [5.41, 5.74) is -2.10. The van der Waals surface area contributed by atoms with Crippen LogP contribution in [0.1, 0.15) is 16.8 Å². The third-order valence-electron chi connectivity index (χ3n) is 4.51. The van der Waals surface area contributed by atoms with Gasteiger partial charge < -0.3 is 10.6 Å². The zero-order valence-corrected chi connectivity index (χ0v) is 18.8. The van der Waals surface area contributed by atoms with Gasteiger partial charge in [0.2, 0.25) is 16.0 Å². The molecule has 0 aliphatic heterocycles. The molecule has 0 aliphatic carbocycles. The number of pyridine rings is 2. The molecule has 3 aromatic rings. The molecule has 0 saturated heterocycles. The van der Waals surface area contributed by atoms with Gasteiger partial charge in [-0.3, -0.25) is 4.31 Å². The lowest BCUT2D eigenvalue weighted by atomic mass is 10.2. The van der Waals surface area contributed by atoms with Crippen molar-refractivity contribution in [2.24, 2.45) is 0 Å². The number of alkyl halides is 6. The fourth-order valence-electron chi connectivity index (χ4n) is 2.74. The molecule has 3 heterocycles. The predicted octanol–water partition coefficient (Wildman–Crippen LogP) is 4.06. The molecule has 0 saturated carbocycles. The number of anilines is 4. The first-order chi connectivity index (χ1) is 16.2. The molecule has 0 spiro atoms. The molecule has 2 N–H and O–H groups in total. The van der Waals surface area contributed by atoms with Crippen molar-refractivity contribution in [1.29, 1.82) is 0 Å². The maximum Gasteiger partial charge on any atom is 0.433 e. The minimum absolute atomic E-state index is 0.000656. The Labute approximate surface area is 195 Å². The highest BCUT2D eigenvalue weighted by Crippen LogP contribution is 2.35. The Morgan fingerprint density at radius 2 is 1.69 bits per heavy atom. The van der Waals surface area contributed by atoms with Crippen LogP contribution < -0.4 is 14.9 Å². The first-order valence-corrected chi connectivity index (χ1v) is 11.4. The number of hydrogen-bond donors (Lipinski definition) is 2. The van der Waals surface area contributed by atoms with Crippen LogP contribution in [0, 0.1) is 0 Å². The second-order valence-electron chi connectivity index (χ2n) is 7.08. The molecular formula is C19H17F6N7O2S. The van der Waals surface area contributed by atoms with E-state index in [1.807, 2.05) is 0 Å². The normalized spacial score (nSPS) is 12.3. The van der Waals surface area contributed by atoms with E-state index in [0.717, 1.165) is 22.8 Å². The van der Waals surface area contributed by atoms with Crippen LogP contribution >= 0.6 is 0 Å². The third-order valence-corrected chi connectivity index (χ3v) is 5.68. The van der Waals surface area contributed by atoms with Crippen LogP contribution in [-0.4, -0.2) is 41.7 Å². The van der Waals surface area contributed by atoms with Gasteiger partial charge in [-0.15, -0.1) is 0 Å². The van der Waals surface area contributed by atoms with Crippen LogP contribution in [0.15, 0.2) is 42.9 Å². The summed E-state index contributed by atoms with van der Waals surface area (Å²) in [4.78, 5) is 14.6. The number of halogens is 6. The quantitative estimate of drug-likeness (QED) is 0.448. The summed E-state index contributed by atoms with van der Waals surface area (Å²) < 4.78 is 103.